The molecule has 1 rings (SSSR count). The van der Waals surface area contributed by atoms with Crippen LogP contribution in [0.2, 0.25) is 0 Å². The summed E-state index contributed by atoms with van der Waals surface area (Å²) in [6.07, 6.45) is 0. The van der Waals surface area contributed by atoms with Gasteiger partial charge >= 0.3 is 29.6 Å². The van der Waals surface area contributed by atoms with Crippen molar-refractivity contribution in [3.05, 3.63) is 29.8 Å². The molecular weight excluding hydrogens is 199 g/mol. The Morgan fingerprint density at radius 3 is 2.23 bits per heavy atom. The van der Waals surface area contributed by atoms with Gasteiger partial charge in [-0.3, -0.25) is 4.18 Å². The fraction of sp³-hybridized carbons (Fsp3) is 0.250. The normalized spacial score (nSPS) is 10.6. The summed E-state index contributed by atoms with van der Waals surface area (Å²) in [5, 5.41) is 0. The Morgan fingerprint density at radius 2 is 1.77 bits per heavy atom. The van der Waals surface area contributed by atoms with Crippen molar-refractivity contribution in [3.8, 4) is 0 Å². The molecule has 0 unspecified atom stereocenters. The number of aryl methyl sites for hydroxylation is 1. The van der Waals surface area contributed by atoms with Gasteiger partial charge in [-0.1, -0.05) is 18.2 Å². The van der Waals surface area contributed by atoms with Crippen molar-refractivity contribution in [3.63, 3.8) is 0 Å². The van der Waals surface area contributed by atoms with Crippen molar-refractivity contribution in [2.75, 3.05) is 7.11 Å². The van der Waals surface area contributed by atoms with Crippen LogP contribution in [0.4, 0.5) is 0 Å². The number of benzene rings is 1. The van der Waals surface area contributed by atoms with Crippen molar-refractivity contribution in [1.82, 2.24) is 0 Å². The quantitative estimate of drug-likeness (QED) is 0.532. The van der Waals surface area contributed by atoms with E-state index in [2.05, 4.69) is 4.18 Å². The number of hydrogen-bond acceptors (Lipinski definition) is 3. The van der Waals surface area contributed by atoms with Crippen LogP contribution in [0.25, 0.3) is 0 Å². The molecule has 0 aliphatic carbocycles. The van der Waals surface area contributed by atoms with E-state index in [1.807, 2.05) is 0 Å². The third-order valence-electron chi connectivity index (χ3n) is 1.58. The van der Waals surface area contributed by atoms with Gasteiger partial charge in [0.2, 0.25) is 0 Å². The molecule has 0 fully saturated rings. The van der Waals surface area contributed by atoms with Gasteiger partial charge in [0.25, 0.3) is 10.1 Å². The average molecular weight is 210 g/mol. The zero-order valence-corrected chi connectivity index (χ0v) is 7.76. The molecular formula is C8H11NaO3S. The number of rotatable bonds is 2. The molecule has 0 aliphatic heterocycles. The maximum atomic E-state index is 11.2. The minimum absolute atomic E-state index is 0. The van der Waals surface area contributed by atoms with Crippen LogP contribution >= 0.6 is 0 Å². The molecule has 0 spiro atoms. The summed E-state index contributed by atoms with van der Waals surface area (Å²) in [7, 11) is -2.37. The molecule has 0 heterocycles. The predicted molar refractivity (Wildman–Crippen MR) is 52.5 cm³/mol. The molecule has 0 saturated heterocycles. The van der Waals surface area contributed by atoms with E-state index in [4.69, 9.17) is 0 Å². The summed E-state index contributed by atoms with van der Waals surface area (Å²) < 4.78 is 26.8. The monoisotopic (exact) mass is 210 g/mol. The van der Waals surface area contributed by atoms with E-state index in [0.717, 1.165) is 7.11 Å². The second-order valence-electron chi connectivity index (χ2n) is 2.39. The van der Waals surface area contributed by atoms with E-state index in [1.54, 1.807) is 25.1 Å². The van der Waals surface area contributed by atoms with Crippen molar-refractivity contribution >= 4 is 39.7 Å². The molecule has 68 valence electrons. The Balaban J connectivity index is 0.00000144. The Morgan fingerprint density at radius 1 is 1.23 bits per heavy atom. The summed E-state index contributed by atoms with van der Waals surface area (Å²) in [6, 6.07) is 6.70. The first kappa shape index (κ1) is 13.1. The molecule has 1 aromatic carbocycles. The molecule has 0 saturated carbocycles. The second kappa shape index (κ2) is 5.12. The molecule has 0 radical (unpaired) electrons. The van der Waals surface area contributed by atoms with Crippen LogP contribution in [0.3, 0.4) is 0 Å². The van der Waals surface area contributed by atoms with Gasteiger partial charge in [0, 0.05) is 0 Å². The Kier molecular flexibility index (Phi) is 5.17. The van der Waals surface area contributed by atoms with E-state index < -0.39 is 10.1 Å². The van der Waals surface area contributed by atoms with Gasteiger partial charge in [-0.05, 0) is 18.6 Å². The predicted octanol–water partition coefficient (Wildman–Crippen LogP) is 0.682. The molecule has 13 heavy (non-hydrogen) atoms. The summed E-state index contributed by atoms with van der Waals surface area (Å²) in [5.74, 6) is 0. The standard InChI is InChI=1S/C8H10O3S.Na.H/c1-7-5-3-4-6-8(7)12(9,10)11-2;;/h3-6H,1-2H3;;. The molecule has 1 aromatic rings. The minimum atomic E-state index is -3.53. The Hall–Kier alpha value is 0.130. The molecule has 3 nitrogen and oxygen atoms in total. The Bertz CT molecular complexity index is 373. The first-order chi connectivity index (χ1) is 5.58. The van der Waals surface area contributed by atoms with Crippen molar-refractivity contribution in [1.29, 1.82) is 0 Å². The van der Waals surface area contributed by atoms with Crippen LogP contribution in [0.5, 0.6) is 0 Å². The van der Waals surface area contributed by atoms with Gasteiger partial charge in [0.15, 0.2) is 0 Å². The van der Waals surface area contributed by atoms with E-state index >= 15 is 0 Å². The first-order valence-electron chi connectivity index (χ1n) is 3.44. The number of hydrogen-bond donors (Lipinski definition) is 0. The third-order valence-corrected chi connectivity index (χ3v) is 3.02. The zero-order valence-electron chi connectivity index (χ0n) is 6.94. The zero-order chi connectivity index (χ0) is 9.19. The van der Waals surface area contributed by atoms with Gasteiger partial charge in [0.1, 0.15) is 0 Å². The topological polar surface area (TPSA) is 43.4 Å². The molecule has 0 aromatic heterocycles. The van der Waals surface area contributed by atoms with Crippen LogP contribution in [0.15, 0.2) is 29.2 Å². The van der Waals surface area contributed by atoms with Crippen molar-refractivity contribution in [2.45, 2.75) is 11.8 Å². The summed E-state index contributed by atoms with van der Waals surface area (Å²) in [4.78, 5) is 0.229. The van der Waals surface area contributed by atoms with Gasteiger partial charge in [-0.25, -0.2) is 0 Å². The molecule has 0 N–H and O–H groups in total. The van der Waals surface area contributed by atoms with Crippen LogP contribution in [0.1, 0.15) is 5.56 Å². The fourth-order valence-electron chi connectivity index (χ4n) is 0.927. The van der Waals surface area contributed by atoms with Gasteiger partial charge in [-0.15, -0.1) is 0 Å². The van der Waals surface area contributed by atoms with Crippen molar-refractivity contribution in [2.24, 2.45) is 0 Å². The van der Waals surface area contributed by atoms with Crippen LogP contribution in [-0.4, -0.2) is 45.1 Å². The van der Waals surface area contributed by atoms with Crippen LogP contribution in [-0.2, 0) is 14.3 Å². The Labute approximate surface area is 101 Å². The molecule has 0 aliphatic rings. The van der Waals surface area contributed by atoms with Crippen molar-refractivity contribution < 1.29 is 12.6 Å². The van der Waals surface area contributed by atoms with E-state index in [9.17, 15) is 8.42 Å². The third kappa shape index (κ3) is 3.07. The summed E-state index contributed by atoms with van der Waals surface area (Å²) in [6.45, 7) is 1.73. The second-order valence-corrected chi connectivity index (χ2v) is 4.07. The van der Waals surface area contributed by atoms with Crippen LogP contribution < -0.4 is 0 Å². The molecule has 0 bridgehead atoms. The molecule has 0 atom stereocenters. The summed E-state index contributed by atoms with van der Waals surface area (Å²) in [5.41, 5.74) is 0.694. The SMILES string of the molecule is COS(=O)(=O)c1ccccc1C.[NaH]. The van der Waals surface area contributed by atoms with E-state index in [-0.39, 0.29) is 34.5 Å². The fourth-order valence-corrected chi connectivity index (χ4v) is 1.81. The first-order valence-corrected chi connectivity index (χ1v) is 4.85. The average Bonchev–Trinajstić information content (AvgIpc) is 2.05. The van der Waals surface area contributed by atoms with Gasteiger partial charge < -0.3 is 0 Å². The van der Waals surface area contributed by atoms with Gasteiger partial charge in [0.05, 0.1) is 12.0 Å². The summed E-state index contributed by atoms with van der Waals surface area (Å²) >= 11 is 0. The van der Waals surface area contributed by atoms with E-state index in [1.165, 1.54) is 6.07 Å². The maximum absolute atomic E-state index is 11.2. The molecule has 5 heteroatoms. The van der Waals surface area contributed by atoms with E-state index in [0.29, 0.717) is 5.56 Å². The molecule has 0 amide bonds. The van der Waals surface area contributed by atoms with Crippen LogP contribution in [0, 0.1) is 6.92 Å². The van der Waals surface area contributed by atoms with Gasteiger partial charge in [-0.2, -0.15) is 8.42 Å².